The van der Waals surface area contributed by atoms with Gasteiger partial charge < -0.3 is 22.1 Å². The zero-order valence-electron chi connectivity index (χ0n) is 24.8. The highest BCUT2D eigenvalue weighted by atomic mass is 16.1. The Morgan fingerprint density at radius 3 is 0.891 bits per heavy atom. The summed E-state index contributed by atoms with van der Waals surface area (Å²) in [5.41, 5.74) is 24.1. The number of hydrogen-bond donors (Lipinski definition) is 3. The molecule has 6 N–H and O–H groups in total. The number of rotatable bonds is 9. The van der Waals surface area contributed by atoms with E-state index in [0.717, 1.165) is 0 Å². The van der Waals surface area contributed by atoms with Crippen LogP contribution in [0.5, 0.6) is 0 Å². The van der Waals surface area contributed by atoms with Gasteiger partial charge in [0.2, 0.25) is 0 Å². The molecule has 0 atom stereocenters. The van der Waals surface area contributed by atoms with E-state index in [2.05, 4.69) is 0 Å². The zero-order chi connectivity index (χ0) is 32.2. The fraction of sp³-hybridized carbons (Fsp3) is 0. The van der Waals surface area contributed by atoms with Crippen LogP contribution in [0.3, 0.4) is 0 Å². The number of hydrogen-bond acceptors (Lipinski definition) is 7. The Kier molecular flexibility index (Phi) is 8.13. The Hall–Kier alpha value is -6.47. The lowest BCUT2D eigenvalue weighted by atomic mass is 9.98. The Morgan fingerprint density at radius 1 is 0.370 bits per heavy atom. The van der Waals surface area contributed by atoms with E-state index in [4.69, 9.17) is 17.2 Å². The van der Waals surface area contributed by atoms with Gasteiger partial charge in [-0.05, 0) is 54.6 Å². The molecule has 224 valence electrons. The molecule has 0 radical (unpaired) electrons. The second kappa shape index (κ2) is 12.6. The largest absolute Gasteiger partial charge is 0.398 e. The lowest BCUT2D eigenvalue weighted by Crippen LogP contribution is -2.15. The van der Waals surface area contributed by atoms with Crippen molar-refractivity contribution in [3.8, 4) is 0 Å². The summed E-state index contributed by atoms with van der Waals surface area (Å²) in [5, 5.41) is 0. The number of carbonyl (C=O) groups excluding carboxylic acids is 3. The molecule has 0 aliphatic heterocycles. The second-order valence-electron chi connectivity index (χ2n) is 10.7. The van der Waals surface area contributed by atoms with Crippen molar-refractivity contribution in [2.24, 2.45) is 0 Å². The van der Waals surface area contributed by atoms with Crippen molar-refractivity contribution in [1.82, 2.24) is 0 Å². The van der Waals surface area contributed by atoms with Crippen LogP contribution in [0.1, 0.15) is 47.8 Å². The van der Waals surface area contributed by atoms with Gasteiger partial charge in [-0.2, -0.15) is 0 Å². The number of ketones is 3. The quantitative estimate of drug-likeness (QED) is 0.115. The molecular weight excluding hydrogens is 572 g/mol. The highest BCUT2D eigenvalue weighted by molar-refractivity contribution is 6.15. The van der Waals surface area contributed by atoms with Crippen LogP contribution >= 0.6 is 0 Å². The Bertz CT molecular complexity index is 1840. The van der Waals surface area contributed by atoms with Crippen molar-refractivity contribution in [2.75, 3.05) is 22.1 Å². The number of benzene rings is 6. The number of anilines is 6. The van der Waals surface area contributed by atoms with Crippen LogP contribution in [0.15, 0.2) is 146 Å². The third-order valence-electron chi connectivity index (χ3n) is 7.73. The van der Waals surface area contributed by atoms with Gasteiger partial charge >= 0.3 is 0 Å². The number of nitrogens with two attached hydrogens (primary N) is 3. The van der Waals surface area contributed by atoms with Crippen molar-refractivity contribution < 1.29 is 14.4 Å². The summed E-state index contributed by atoms with van der Waals surface area (Å²) in [6.45, 7) is 0. The average molecular weight is 603 g/mol. The van der Waals surface area contributed by atoms with Crippen LogP contribution < -0.4 is 22.1 Å². The molecule has 6 aromatic rings. The van der Waals surface area contributed by atoms with E-state index in [1.165, 1.54) is 0 Å². The van der Waals surface area contributed by atoms with Gasteiger partial charge in [0.15, 0.2) is 17.3 Å². The summed E-state index contributed by atoms with van der Waals surface area (Å²) < 4.78 is 0. The van der Waals surface area contributed by atoms with Crippen molar-refractivity contribution in [1.29, 1.82) is 0 Å². The van der Waals surface area contributed by atoms with E-state index in [1.54, 1.807) is 127 Å². The maximum atomic E-state index is 13.6. The highest BCUT2D eigenvalue weighted by Crippen LogP contribution is 2.39. The first kappa shape index (κ1) is 29.6. The van der Waals surface area contributed by atoms with Gasteiger partial charge in [-0.25, -0.2) is 0 Å². The molecular formula is C39H30N4O3. The van der Waals surface area contributed by atoms with Crippen LogP contribution in [-0.2, 0) is 0 Å². The van der Waals surface area contributed by atoms with Gasteiger partial charge in [-0.15, -0.1) is 0 Å². The van der Waals surface area contributed by atoms with Gasteiger partial charge in [0.1, 0.15) is 0 Å². The van der Waals surface area contributed by atoms with E-state index in [9.17, 15) is 14.4 Å². The second-order valence-corrected chi connectivity index (χ2v) is 10.7. The van der Waals surface area contributed by atoms with Crippen LogP contribution in [0.2, 0.25) is 0 Å². The molecule has 46 heavy (non-hydrogen) atoms. The number of nitrogen functional groups attached to an aromatic ring is 3. The Morgan fingerprint density at radius 2 is 0.630 bits per heavy atom. The Balaban J connectivity index is 1.53. The molecule has 0 saturated carbocycles. The summed E-state index contributed by atoms with van der Waals surface area (Å²) in [6.07, 6.45) is 0. The topological polar surface area (TPSA) is 133 Å². The maximum absolute atomic E-state index is 13.6. The maximum Gasteiger partial charge on any atom is 0.195 e. The van der Waals surface area contributed by atoms with Gasteiger partial charge in [0, 0.05) is 67.5 Å². The first-order valence-corrected chi connectivity index (χ1v) is 14.6. The molecule has 0 amide bonds. The smallest absolute Gasteiger partial charge is 0.195 e. The molecule has 0 aliphatic rings. The summed E-state index contributed by atoms with van der Waals surface area (Å²) in [4.78, 5) is 42.6. The molecule has 0 spiro atoms. The highest BCUT2D eigenvalue weighted by Gasteiger charge is 2.22. The zero-order valence-corrected chi connectivity index (χ0v) is 24.8. The molecule has 0 bridgehead atoms. The molecule has 0 unspecified atom stereocenters. The SMILES string of the molecule is Nc1ccc(N(c2ccc(N)c(C(=O)c3ccccc3)c2)c2ccc(N)c(C(=O)c3ccccc3)c2)cc1C(=O)c1ccccc1. The van der Waals surface area contributed by atoms with Crippen molar-refractivity contribution in [3.63, 3.8) is 0 Å². The predicted molar refractivity (Wildman–Crippen MR) is 184 cm³/mol. The molecule has 0 aliphatic carbocycles. The van der Waals surface area contributed by atoms with E-state index in [0.29, 0.717) is 67.5 Å². The first-order valence-electron chi connectivity index (χ1n) is 14.6. The van der Waals surface area contributed by atoms with Crippen LogP contribution in [0.4, 0.5) is 34.1 Å². The van der Waals surface area contributed by atoms with Gasteiger partial charge in [0.25, 0.3) is 0 Å². The minimum Gasteiger partial charge on any atom is -0.398 e. The van der Waals surface area contributed by atoms with Crippen molar-refractivity contribution in [2.45, 2.75) is 0 Å². The Labute approximate surface area is 266 Å². The monoisotopic (exact) mass is 602 g/mol. The fourth-order valence-electron chi connectivity index (χ4n) is 5.32. The van der Waals surface area contributed by atoms with Crippen LogP contribution in [0.25, 0.3) is 0 Å². The molecule has 6 rings (SSSR count). The standard InChI is InChI=1S/C39H30N4O3/c40-34-19-16-28(22-31(34)37(44)25-10-4-1-5-11-25)43(29-17-20-35(41)32(23-29)38(45)26-12-6-2-7-13-26)30-18-21-36(42)33(24-30)39(46)27-14-8-3-9-15-27/h1-24H,40-42H2. The van der Waals surface area contributed by atoms with Crippen LogP contribution in [0, 0.1) is 0 Å². The molecule has 0 aromatic heterocycles. The molecule has 0 heterocycles. The summed E-state index contributed by atoms with van der Waals surface area (Å²) in [7, 11) is 0. The van der Waals surface area contributed by atoms with E-state index >= 15 is 0 Å². The van der Waals surface area contributed by atoms with Gasteiger partial charge in [-0.3, -0.25) is 14.4 Å². The van der Waals surface area contributed by atoms with E-state index in [-0.39, 0.29) is 17.3 Å². The predicted octanol–water partition coefficient (Wildman–Crippen LogP) is 7.60. The average Bonchev–Trinajstić information content (AvgIpc) is 3.10. The van der Waals surface area contributed by atoms with Crippen molar-refractivity contribution >= 4 is 51.5 Å². The van der Waals surface area contributed by atoms with E-state index < -0.39 is 0 Å². The molecule has 0 fully saturated rings. The van der Waals surface area contributed by atoms with Crippen molar-refractivity contribution in [3.05, 3.63) is 179 Å². The minimum atomic E-state index is -0.241. The molecule has 7 nitrogen and oxygen atoms in total. The third-order valence-corrected chi connectivity index (χ3v) is 7.73. The van der Waals surface area contributed by atoms with Gasteiger partial charge in [0.05, 0.1) is 0 Å². The van der Waals surface area contributed by atoms with Crippen LogP contribution in [-0.4, -0.2) is 17.3 Å². The lowest BCUT2D eigenvalue weighted by molar-refractivity contribution is 0.103. The number of nitrogens with zero attached hydrogens (tertiary/aromatic N) is 1. The normalized spacial score (nSPS) is 10.7. The molecule has 0 saturated heterocycles. The van der Waals surface area contributed by atoms with Gasteiger partial charge in [-0.1, -0.05) is 91.0 Å². The first-order chi connectivity index (χ1) is 22.3. The minimum absolute atomic E-state index is 0.241. The van der Waals surface area contributed by atoms with E-state index in [1.807, 2.05) is 23.1 Å². The third kappa shape index (κ3) is 5.85. The summed E-state index contributed by atoms with van der Waals surface area (Å²) in [5.74, 6) is -0.724. The molecule has 7 heteroatoms. The molecule has 6 aromatic carbocycles. The summed E-state index contributed by atoms with van der Waals surface area (Å²) >= 11 is 0. The lowest BCUT2D eigenvalue weighted by Gasteiger charge is -2.27. The number of carbonyl (C=O) groups is 3. The summed E-state index contributed by atoms with van der Waals surface area (Å²) in [6, 6.07) is 42.1. The fourth-order valence-corrected chi connectivity index (χ4v) is 5.32.